The first-order valence-corrected chi connectivity index (χ1v) is 12.8. The highest BCUT2D eigenvalue weighted by Gasteiger charge is 2.45. The third-order valence-corrected chi connectivity index (χ3v) is 4.71. The van der Waals surface area contributed by atoms with Crippen LogP contribution in [-0.4, -0.2) is 60.7 Å². The van der Waals surface area contributed by atoms with Crippen molar-refractivity contribution in [3.05, 3.63) is 35.9 Å². The predicted octanol–water partition coefficient (Wildman–Crippen LogP) is 3.80. The summed E-state index contributed by atoms with van der Waals surface area (Å²) in [6.45, 7) is 12.8. The molecule has 0 aliphatic carbocycles. The quantitative estimate of drug-likeness (QED) is 0.148. The largest absolute Gasteiger partial charge is 0.466 e. The molecule has 1 rings (SSSR count). The van der Waals surface area contributed by atoms with E-state index in [2.05, 4.69) is 16.0 Å². The van der Waals surface area contributed by atoms with E-state index in [1.165, 1.54) is 0 Å². The summed E-state index contributed by atoms with van der Waals surface area (Å²) in [6.07, 6.45) is -1.38. The number of ether oxygens (including phenoxy) is 4. The van der Waals surface area contributed by atoms with Gasteiger partial charge in [-0.2, -0.15) is 0 Å². The molecular weight excluding hydrogens is 494 g/mol. The summed E-state index contributed by atoms with van der Waals surface area (Å²) >= 11 is 0. The van der Waals surface area contributed by atoms with Crippen molar-refractivity contribution < 1.29 is 38.1 Å². The van der Waals surface area contributed by atoms with Crippen molar-refractivity contribution in [2.75, 3.05) is 19.7 Å². The molecule has 0 unspecified atom stereocenters. The van der Waals surface area contributed by atoms with E-state index in [-0.39, 0.29) is 25.4 Å². The molecule has 0 spiro atoms. The van der Waals surface area contributed by atoms with E-state index in [1.807, 2.05) is 6.07 Å². The van der Waals surface area contributed by atoms with Crippen LogP contribution in [0.5, 0.6) is 0 Å². The molecule has 0 saturated heterocycles. The van der Waals surface area contributed by atoms with Crippen LogP contribution in [0.4, 0.5) is 9.59 Å². The van der Waals surface area contributed by atoms with Crippen molar-refractivity contribution >= 4 is 24.1 Å². The molecule has 2 amide bonds. The molecule has 11 nitrogen and oxygen atoms in total. The summed E-state index contributed by atoms with van der Waals surface area (Å²) in [6, 6.07) is 9.00. The Labute approximate surface area is 225 Å². The predicted molar refractivity (Wildman–Crippen MR) is 141 cm³/mol. The van der Waals surface area contributed by atoms with Gasteiger partial charge in [0.15, 0.2) is 0 Å². The van der Waals surface area contributed by atoms with Gasteiger partial charge in [-0.1, -0.05) is 30.3 Å². The summed E-state index contributed by atoms with van der Waals surface area (Å²) in [5.74, 6) is -1.21. The van der Waals surface area contributed by atoms with E-state index in [9.17, 15) is 19.2 Å². The van der Waals surface area contributed by atoms with Gasteiger partial charge in [-0.05, 0) is 67.0 Å². The number of hydrogen-bond acceptors (Lipinski definition) is 9. The van der Waals surface area contributed by atoms with Gasteiger partial charge in [-0.25, -0.2) is 14.4 Å². The smallest absolute Gasteiger partial charge is 0.409 e. The van der Waals surface area contributed by atoms with Crippen molar-refractivity contribution in [1.29, 1.82) is 0 Å². The van der Waals surface area contributed by atoms with Crippen LogP contribution in [0.25, 0.3) is 0 Å². The molecule has 0 atom stereocenters. The lowest BCUT2D eigenvalue weighted by atomic mass is 10.0. The van der Waals surface area contributed by atoms with Gasteiger partial charge < -0.3 is 24.3 Å². The monoisotopic (exact) mass is 537 g/mol. The highest BCUT2D eigenvalue weighted by molar-refractivity contribution is 5.89. The second kappa shape index (κ2) is 15.2. The zero-order chi connectivity index (χ0) is 28.8. The van der Waals surface area contributed by atoms with Crippen LogP contribution in [0.3, 0.4) is 0 Å². The van der Waals surface area contributed by atoms with Gasteiger partial charge in [0.25, 0.3) is 0 Å². The maximum atomic E-state index is 13.5. The van der Waals surface area contributed by atoms with Gasteiger partial charge in [-0.15, -0.1) is 0 Å². The van der Waals surface area contributed by atoms with E-state index in [1.54, 1.807) is 72.7 Å². The number of hydrogen-bond donors (Lipinski definition) is 3. The number of esters is 2. The number of carbonyl (C=O) groups is 4. The Morgan fingerprint density at radius 2 is 1.34 bits per heavy atom. The molecule has 214 valence electrons. The first-order chi connectivity index (χ1) is 17.7. The fraction of sp³-hybridized carbons (Fsp3) is 0.630. The number of alkyl carbamates (subject to hydrolysis) is 2. The lowest BCUT2D eigenvalue weighted by Gasteiger charge is -2.34. The minimum Gasteiger partial charge on any atom is -0.466 e. The number of amides is 2. The summed E-state index contributed by atoms with van der Waals surface area (Å²) in [7, 11) is 0. The minimum absolute atomic E-state index is 0.0501. The topological polar surface area (TPSA) is 141 Å². The molecule has 3 N–H and O–H groups in total. The Morgan fingerprint density at radius 1 is 0.789 bits per heavy atom. The van der Waals surface area contributed by atoms with Crippen LogP contribution >= 0.6 is 0 Å². The van der Waals surface area contributed by atoms with Crippen molar-refractivity contribution in [2.45, 2.75) is 91.2 Å². The van der Waals surface area contributed by atoms with E-state index in [0.29, 0.717) is 26.1 Å². The zero-order valence-electron chi connectivity index (χ0n) is 23.6. The van der Waals surface area contributed by atoms with Gasteiger partial charge >= 0.3 is 24.1 Å². The molecule has 0 saturated carbocycles. The van der Waals surface area contributed by atoms with Crippen LogP contribution in [0.1, 0.15) is 73.3 Å². The molecule has 1 aromatic carbocycles. The Hall–Kier alpha value is -3.34. The van der Waals surface area contributed by atoms with Crippen molar-refractivity contribution in [2.24, 2.45) is 0 Å². The molecule has 0 bridgehead atoms. The second-order valence-corrected chi connectivity index (χ2v) is 10.6. The fourth-order valence-electron chi connectivity index (χ4n) is 3.19. The third-order valence-electron chi connectivity index (χ3n) is 4.71. The van der Waals surface area contributed by atoms with E-state index >= 15 is 0 Å². The van der Waals surface area contributed by atoms with Crippen LogP contribution in [0.15, 0.2) is 30.3 Å². The number of carbonyl (C=O) groups excluding carboxylic acids is 4. The van der Waals surface area contributed by atoms with Gasteiger partial charge in [-0.3, -0.25) is 15.4 Å². The Kier molecular flexibility index (Phi) is 13.0. The molecule has 0 radical (unpaired) electrons. The summed E-state index contributed by atoms with van der Waals surface area (Å²) in [5.41, 5.74) is -2.97. The molecule has 11 heteroatoms. The molecule has 0 heterocycles. The highest BCUT2D eigenvalue weighted by atomic mass is 16.6. The van der Waals surface area contributed by atoms with Crippen molar-refractivity contribution in [1.82, 2.24) is 16.0 Å². The van der Waals surface area contributed by atoms with Gasteiger partial charge in [0.1, 0.15) is 17.8 Å². The number of rotatable bonds is 13. The van der Waals surface area contributed by atoms with Gasteiger partial charge in [0.05, 0.1) is 13.0 Å². The molecule has 0 fully saturated rings. The summed E-state index contributed by atoms with van der Waals surface area (Å²) < 4.78 is 21.2. The Morgan fingerprint density at radius 3 is 1.84 bits per heavy atom. The fourth-order valence-corrected chi connectivity index (χ4v) is 3.19. The molecule has 0 aliphatic heterocycles. The summed E-state index contributed by atoms with van der Waals surface area (Å²) in [5, 5.41) is 8.12. The third kappa shape index (κ3) is 13.8. The lowest BCUT2D eigenvalue weighted by molar-refractivity contribution is -0.155. The number of benzene rings is 1. The van der Waals surface area contributed by atoms with E-state index < -0.39 is 35.0 Å². The van der Waals surface area contributed by atoms with Gasteiger partial charge in [0.2, 0.25) is 5.66 Å². The Bertz CT molecular complexity index is 877. The maximum Gasteiger partial charge on any atom is 0.409 e. The molecular formula is C27H43N3O8. The SMILES string of the molecule is CCOC(=O)CCNCCCC(NC(=O)OC(C)(C)C)(NC(=O)OC(C)(C)C)C(=O)OCc1ccccc1. The lowest BCUT2D eigenvalue weighted by Crippen LogP contribution is -2.67. The normalized spacial score (nSPS) is 11.8. The average Bonchev–Trinajstić information content (AvgIpc) is 2.77. The van der Waals surface area contributed by atoms with Crippen molar-refractivity contribution in [3.63, 3.8) is 0 Å². The van der Waals surface area contributed by atoms with E-state index in [0.717, 1.165) is 5.56 Å². The van der Waals surface area contributed by atoms with Crippen LogP contribution in [-0.2, 0) is 35.1 Å². The Balaban J connectivity index is 3.11. The average molecular weight is 538 g/mol. The minimum atomic E-state index is -1.98. The van der Waals surface area contributed by atoms with E-state index in [4.69, 9.17) is 18.9 Å². The second-order valence-electron chi connectivity index (χ2n) is 10.6. The standard InChI is InChI=1S/C27H43N3O8/c1-8-35-21(31)15-18-28-17-12-16-27(29-23(33)37-25(2,3)4,30-24(34)38-26(5,6)7)22(32)36-19-20-13-10-9-11-14-20/h9-11,13-14,28H,8,12,15-19H2,1-7H3,(H,29,33)(H,30,34). The molecule has 0 aliphatic rings. The highest BCUT2D eigenvalue weighted by Crippen LogP contribution is 2.18. The van der Waals surface area contributed by atoms with Crippen LogP contribution < -0.4 is 16.0 Å². The maximum absolute atomic E-state index is 13.5. The van der Waals surface area contributed by atoms with Gasteiger partial charge in [0, 0.05) is 13.0 Å². The van der Waals surface area contributed by atoms with Crippen LogP contribution in [0, 0.1) is 0 Å². The first-order valence-electron chi connectivity index (χ1n) is 12.8. The van der Waals surface area contributed by atoms with Crippen molar-refractivity contribution in [3.8, 4) is 0 Å². The number of nitrogens with one attached hydrogen (secondary N) is 3. The zero-order valence-corrected chi connectivity index (χ0v) is 23.6. The van der Waals surface area contributed by atoms with Crippen LogP contribution in [0.2, 0.25) is 0 Å². The molecule has 38 heavy (non-hydrogen) atoms. The first kappa shape index (κ1) is 32.7. The molecule has 1 aromatic rings. The summed E-state index contributed by atoms with van der Waals surface area (Å²) in [4.78, 5) is 50.6. The molecule has 0 aromatic heterocycles.